The van der Waals surface area contributed by atoms with Crippen LogP contribution in [-0.2, 0) is 6.54 Å². The molecule has 0 unspecified atom stereocenters. The van der Waals surface area contributed by atoms with E-state index in [0.29, 0.717) is 16.9 Å². The molecule has 0 bridgehead atoms. The average Bonchev–Trinajstić information content (AvgIpc) is 2.50. The molecule has 2 nitrogen and oxygen atoms in total. The Balaban J connectivity index is 1.91. The van der Waals surface area contributed by atoms with Gasteiger partial charge in [-0.15, -0.1) is 11.3 Å². The first-order chi connectivity index (χ1) is 6.85. The first-order valence-electron chi connectivity index (χ1n) is 5.19. The summed E-state index contributed by atoms with van der Waals surface area (Å²) in [5.41, 5.74) is 0.766. The zero-order chi connectivity index (χ0) is 11.3. The minimum atomic E-state index is 0.383. The molecule has 0 amide bonds. The fourth-order valence-corrected chi connectivity index (χ4v) is 3.17. The quantitative estimate of drug-likeness (QED) is 0.883. The molecule has 15 heavy (non-hydrogen) atoms. The smallest absolute Gasteiger partial charge is 0.113 e. The van der Waals surface area contributed by atoms with Crippen molar-refractivity contribution < 1.29 is 0 Å². The van der Waals surface area contributed by atoms with Gasteiger partial charge in [0.15, 0.2) is 0 Å². The van der Waals surface area contributed by atoms with Crippen molar-refractivity contribution in [1.82, 2.24) is 10.3 Å². The highest BCUT2D eigenvalue weighted by Crippen LogP contribution is 2.62. The number of aromatic nitrogens is 1. The second-order valence-corrected chi connectivity index (χ2v) is 7.06. The number of nitrogens with zero attached hydrogens (tertiary/aromatic N) is 1. The van der Waals surface area contributed by atoms with Crippen LogP contribution in [0.5, 0.6) is 0 Å². The van der Waals surface area contributed by atoms with Crippen molar-refractivity contribution in [3.63, 3.8) is 0 Å². The van der Waals surface area contributed by atoms with Crippen LogP contribution < -0.4 is 5.32 Å². The van der Waals surface area contributed by atoms with E-state index < -0.39 is 0 Å². The summed E-state index contributed by atoms with van der Waals surface area (Å²) in [4.78, 5) is 4.24. The van der Waals surface area contributed by atoms with Gasteiger partial charge in [0.1, 0.15) is 9.34 Å². The highest BCUT2D eigenvalue weighted by molar-refractivity contribution is 7.15. The maximum atomic E-state index is 5.83. The number of nitrogens with one attached hydrogen (secondary N) is 1. The molecule has 1 saturated carbocycles. The van der Waals surface area contributed by atoms with Crippen LogP contribution in [0.1, 0.15) is 32.7 Å². The Kier molecular flexibility index (Phi) is 2.61. The van der Waals surface area contributed by atoms with Gasteiger partial charge in [-0.05, 0) is 10.8 Å². The van der Waals surface area contributed by atoms with E-state index >= 15 is 0 Å². The zero-order valence-corrected chi connectivity index (χ0v) is 11.2. The first-order valence-corrected chi connectivity index (χ1v) is 6.39. The monoisotopic (exact) mass is 244 g/mol. The lowest BCUT2D eigenvalue weighted by atomic mass is 10.0. The second kappa shape index (κ2) is 3.44. The molecular weight excluding hydrogens is 228 g/mol. The van der Waals surface area contributed by atoms with Gasteiger partial charge in [-0.25, -0.2) is 4.98 Å². The Morgan fingerprint density at radius 2 is 2.00 bits per heavy atom. The highest BCUT2D eigenvalue weighted by Gasteiger charge is 2.64. The minimum absolute atomic E-state index is 0.383. The van der Waals surface area contributed by atoms with Gasteiger partial charge in [0, 0.05) is 12.6 Å². The molecule has 0 aliphatic heterocycles. The van der Waals surface area contributed by atoms with Crippen molar-refractivity contribution in [3.8, 4) is 0 Å². The molecule has 1 N–H and O–H groups in total. The summed E-state index contributed by atoms with van der Waals surface area (Å²) in [6, 6.07) is 0.577. The fraction of sp³-hybridized carbons (Fsp3) is 0.727. The summed E-state index contributed by atoms with van der Waals surface area (Å²) in [5, 5.41) is 4.62. The number of rotatable bonds is 3. The maximum Gasteiger partial charge on any atom is 0.113 e. The molecule has 1 aliphatic rings. The molecule has 0 aromatic carbocycles. The molecule has 0 spiro atoms. The van der Waals surface area contributed by atoms with E-state index in [0.717, 1.165) is 15.9 Å². The van der Waals surface area contributed by atoms with Gasteiger partial charge in [0.05, 0.1) is 6.20 Å². The third-order valence-electron chi connectivity index (χ3n) is 4.00. The Morgan fingerprint density at radius 3 is 2.40 bits per heavy atom. The Hall–Kier alpha value is -0.120. The third-order valence-corrected chi connectivity index (χ3v) is 5.12. The van der Waals surface area contributed by atoms with E-state index in [2.05, 4.69) is 38.0 Å². The van der Waals surface area contributed by atoms with Gasteiger partial charge in [0.25, 0.3) is 0 Å². The number of hydrogen-bond acceptors (Lipinski definition) is 3. The standard InChI is InChI=1S/C11H17ClN2S/c1-10(2)9(11(10,3)4)14-6-8-13-5-7(12)15-8/h5,9,14H,6H2,1-4H3. The molecule has 1 fully saturated rings. The van der Waals surface area contributed by atoms with Gasteiger partial charge >= 0.3 is 0 Å². The lowest BCUT2D eigenvalue weighted by Crippen LogP contribution is -2.21. The number of halogens is 1. The van der Waals surface area contributed by atoms with E-state index in [-0.39, 0.29) is 0 Å². The summed E-state index contributed by atoms with van der Waals surface area (Å²) in [6.07, 6.45) is 1.71. The van der Waals surface area contributed by atoms with Gasteiger partial charge in [-0.2, -0.15) is 0 Å². The highest BCUT2D eigenvalue weighted by atomic mass is 35.5. The molecule has 0 radical (unpaired) electrons. The average molecular weight is 245 g/mol. The molecule has 2 rings (SSSR count). The van der Waals surface area contributed by atoms with Crippen LogP contribution in [0.2, 0.25) is 4.34 Å². The lowest BCUT2D eigenvalue weighted by Gasteiger charge is -2.03. The zero-order valence-electron chi connectivity index (χ0n) is 9.60. The largest absolute Gasteiger partial charge is 0.307 e. The summed E-state index contributed by atoms with van der Waals surface area (Å²) < 4.78 is 0.765. The van der Waals surface area contributed by atoms with Crippen molar-refractivity contribution in [2.24, 2.45) is 10.8 Å². The SMILES string of the molecule is CC1(C)C(NCc2ncc(Cl)s2)C1(C)C. The number of hydrogen-bond donors (Lipinski definition) is 1. The van der Waals surface area contributed by atoms with E-state index in [1.54, 1.807) is 17.5 Å². The van der Waals surface area contributed by atoms with Crippen LogP contribution in [0.15, 0.2) is 6.20 Å². The van der Waals surface area contributed by atoms with E-state index in [1.165, 1.54) is 0 Å². The van der Waals surface area contributed by atoms with Crippen molar-refractivity contribution in [1.29, 1.82) is 0 Å². The lowest BCUT2D eigenvalue weighted by molar-refractivity contribution is 0.457. The molecule has 1 aromatic rings. The van der Waals surface area contributed by atoms with Crippen LogP contribution in [0.25, 0.3) is 0 Å². The van der Waals surface area contributed by atoms with Crippen molar-refractivity contribution in [2.75, 3.05) is 0 Å². The van der Waals surface area contributed by atoms with Gasteiger partial charge in [-0.1, -0.05) is 39.3 Å². The summed E-state index contributed by atoms with van der Waals surface area (Å²) in [5.74, 6) is 0. The predicted octanol–water partition coefficient (Wildman–Crippen LogP) is 3.32. The summed E-state index contributed by atoms with van der Waals surface area (Å²) in [7, 11) is 0. The van der Waals surface area contributed by atoms with Gasteiger partial charge in [0.2, 0.25) is 0 Å². The van der Waals surface area contributed by atoms with Gasteiger partial charge in [-0.3, -0.25) is 0 Å². The topological polar surface area (TPSA) is 24.9 Å². The second-order valence-electron chi connectivity index (χ2n) is 5.32. The molecule has 0 atom stereocenters. The normalized spacial score (nSPS) is 23.0. The maximum absolute atomic E-state index is 5.83. The van der Waals surface area contributed by atoms with Gasteiger partial charge < -0.3 is 5.32 Å². The Bertz CT molecular complexity index is 356. The Labute approximate surface area is 100 Å². The number of thiazole rings is 1. The summed E-state index contributed by atoms with van der Waals surface area (Å²) >= 11 is 7.38. The molecule has 1 aliphatic carbocycles. The third kappa shape index (κ3) is 1.81. The van der Waals surface area contributed by atoms with Crippen LogP contribution in [0.4, 0.5) is 0 Å². The van der Waals surface area contributed by atoms with Crippen LogP contribution >= 0.6 is 22.9 Å². The van der Waals surface area contributed by atoms with Crippen molar-refractivity contribution in [3.05, 3.63) is 15.5 Å². The van der Waals surface area contributed by atoms with Crippen molar-refractivity contribution in [2.45, 2.75) is 40.3 Å². The first kappa shape index (κ1) is 11.4. The van der Waals surface area contributed by atoms with Crippen LogP contribution in [0.3, 0.4) is 0 Å². The summed E-state index contributed by atoms with van der Waals surface area (Å²) in [6.45, 7) is 10.0. The van der Waals surface area contributed by atoms with E-state index in [1.807, 2.05) is 0 Å². The molecule has 4 heteroatoms. The van der Waals surface area contributed by atoms with E-state index in [4.69, 9.17) is 11.6 Å². The van der Waals surface area contributed by atoms with E-state index in [9.17, 15) is 0 Å². The molecule has 1 aromatic heterocycles. The van der Waals surface area contributed by atoms with Crippen LogP contribution in [-0.4, -0.2) is 11.0 Å². The fourth-order valence-electron chi connectivity index (χ4n) is 2.27. The van der Waals surface area contributed by atoms with Crippen LogP contribution in [0, 0.1) is 10.8 Å². The molecule has 0 saturated heterocycles. The van der Waals surface area contributed by atoms with Crippen molar-refractivity contribution >= 4 is 22.9 Å². The molecular formula is C11H17ClN2S. The Morgan fingerprint density at radius 1 is 1.40 bits per heavy atom. The molecule has 1 heterocycles. The minimum Gasteiger partial charge on any atom is -0.307 e. The predicted molar refractivity (Wildman–Crippen MR) is 65.3 cm³/mol. The molecule has 84 valence electrons.